The molecule has 1 aliphatic carbocycles. The van der Waals surface area contributed by atoms with E-state index in [9.17, 15) is 9.59 Å². The molecule has 1 aromatic rings. The van der Waals surface area contributed by atoms with Crippen molar-refractivity contribution in [3.63, 3.8) is 0 Å². The Bertz CT molecular complexity index is 735. The molecule has 138 valence electrons. The zero-order valence-electron chi connectivity index (χ0n) is 15.0. The smallest absolute Gasteiger partial charge is 0.329 e. The van der Waals surface area contributed by atoms with E-state index in [0.29, 0.717) is 23.8 Å². The van der Waals surface area contributed by atoms with E-state index in [-0.39, 0.29) is 18.0 Å². The maximum atomic E-state index is 12.7. The molecular weight excluding hydrogens is 332 g/mol. The van der Waals surface area contributed by atoms with Crippen LogP contribution in [0.25, 0.3) is 6.08 Å². The molecule has 0 aromatic heterocycles. The number of benzene rings is 1. The number of urea groups is 1. The summed E-state index contributed by atoms with van der Waals surface area (Å²) in [6.45, 7) is 4.00. The molecule has 1 N–H and O–H groups in total. The fourth-order valence-electron chi connectivity index (χ4n) is 3.43. The molecule has 0 spiro atoms. The van der Waals surface area contributed by atoms with Crippen LogP contribution in [-0.4, -0.2) is 36.6 Å². The Kier molecular flexibility index (Phi) is 5.61. The van der Waals surface area contributed by atoms with Crippen molar-refractivity contribution in [1.82, 2.24) is 10.2 Å². The summed E-state index contributed by atoms with van der Waals surface area (Å²) in [6.07, 6.45) is 8.38. The van der Waals surface area contributed by atoms with Gasteiger partial charge >= 0.3 is 6.03 Å². The lowest BCUT2D eigenvalue weighted by atomic mass is 9.94. The molecule has 6 heteroatoms. The highest BCUT2D eigenvalue weighted by Crippen LogP contribution is 2.30. The molecule has 0 bridgehead atoms. The molecule has 3 rings (SSSR count). The molecule has 26 heavy (non-hydrogen) atoms. The number of hydrogen-bond donors (Lipinski definition) is 1. The molecule has 0 unspecified atom stereocenters. The highest BCUT2D eigenvalue weighted by atomic mass is 16.5. The van der Waals surface area contributed by atoms with E-state index in [2.05, 4.69) is 11.9 Å². The SMILES string of the molecule is C=CCOc1ccc(/C=C2\NC(=O)N(C3CCCCC3)C2=O)cc1OC. The molecule has 1 aromatic carbocycles. The molecule has 2 aliphatic rings. The van der Waals surface area contributed by atoms with Crippen molar-refractivity contribution in [2.24, 2.45) is 0 Å². The second-order valence-electron chi connectivity index (χ2n) is 6.47. The second-order valence-corrected chi connectivity index (χ2v) is 6.47. The first-order chi connectivity index (χ1) is 12.6. The lowest BCUT2D eigenvalue weighted by Crippen LogP contribution is -2.41. The fourth-order valence-corrected chi connectivity index (χ4v) is 3.43. The van der Waals surface area contributed by atoms with Gasteiger partial charge in [0.1, 0.15) is 12.3 Å². The molecule has 1 saturated heterocycles. The van der Waals surface area contributed by atoms with Crippen molar-refractivity contribution >= 4 is 18.0 Å². The predicted molar refractivity (Wildman–Crippen MR) is 98.9 cm³/mol. The average molecular weight is 356 g/mol. The Morgan fingerprint density at radius 3 is 2.69 bits per heavy atom. The predicted octanol–water partition coefficient (Wildman–Crippen LogP) is 3.49. The summed E-state index contributed by atoms with van der Waals surface area (Å²) in [5.74, 6) is 0.898. The van der Waals surface area contributed by atoms with Gasteiger partial charge in [0, 0.05) is 6.04 Å². The molecule has 1 saturated carbocycles. The Hall–Kier alpha value is -2.76. The standard InChI is InChI=1S/C20H24N2O4/c1-3-11-26-17-10-9-14(13-18(17)25-2)12-16-19(23)22(20(24)21-16)15-7-5-4-6-8-15/h3,9-10,12-13,15H,1,4-8,11H2,2H3,(H,21,24)/b16-12-. The molecule has 0 radical (unpaired) electrons. The number of imide groups is 1. The molecule has 2 fully saturated rings. The van der Waals surface area contributed by atoms with E-state index in [1.165, 1.54) is 11.3 Å². The van der Waals surface area contributed by atoms with E-state index in [4.69, 9.17) is 9.47 Å². The number of nitrogens with one attached hydrogen (secondary N) is 1. The van der Waals surface area contributed by atoms with E-state index < -0.39 is 0 Å². The van der Waals surface area contributed by atoms with Crippen molar-refractivity contribution in [2.75, 3.05) is 13.7 Å². The van der Waals surface area contributed by atoms with Gasteiger partial charge in [0.05, 0.1) is 7.11 Å². The van der Waals surface area contributed by atoms with Crippen LogP contribution in [0.5, 0.6) is 11.5 Å². The first kappa shape index (κ1) is 18.0. The third kappa shape index (κ3) is 3.74. The van der Waals surface area contributed by atoms with E-state index >= 15 is 0 Å². The zero-order valence-corrected chi connectivity index (χ0v) is 15.0. The van der Waals surface area contributed by atoms with Gasteiger partial charge in [0.25, 0.3) is 5.91 Å². The Balaban J connectivity index is 1.80. The van der Waals surface area contributed by atoms with E-state index in [0.717, 1.165) is 31.2 Å². The maximum absolute atomic E-state index is 12.7. The Morgan fingerprint density at radius 1 is 1.23 bits per heavy atom. The van der Waals surface area contributed by atoms with E-state index in [1.54, 1.807) is 31.4 Å². The van der Waals surface area contributed by atoms with Crippen LogP contribution < -0.4 is 14.8 Å². The van der Waals surface area contributed by atoms with Gasteiger partial charge in [0.2, 0.25) is 0 Å². The van der Waals surface area contributed by atoms with Crippen LogP contribution in [-0.2, 0) is 4.79 Å². The molecule has 1 aliphatic heterocycles. The first-order valence-electron chi connectivity index (χ1n) is 8.92. The number of carbonyl (C=O) groups is 2. The first-order valence-corrected chi connectivity index (χ1v) is 8.92. The van der Waals surface area contributed by atoms with Crippen molar-refractivity contribution in [1.29, 1.82) is 0 Å². The second kappa shape index (κ2) is 8.08. The van der Waals surface area contributed by atoms with Crippen molar-refractivity contribution in [3.8, 4) is 11.5 Å². The number of ether oxygens (including phenoxy) is 2. The Labute approximate surface area is 153 Å². The lowest BCUT2D eigenvalue weighted by molar-refractivity contribution is -0.124. The van der Waals surface area contributed by atoms with Crippen LogP contribution in [0.3, 0.4) is 0 Å². The summed E-state index contributed by atoms with van der Waals surface area (Å²) >= 11 is 0. The molecule has 1 heterocycles. The van der Waals surface area contributed by atoms with Crippen LogP contribution in [0, 0.1) is 0 Å². The maximum Gasteiger partial charge on any atom is 0.329 e. The van der Waals surface area contributed by atoms with Crippen LogP contribution in [0.15, 0.2) is 36.6 Å². The normalized spacial score (nSPS) is 19.6. The number of carbonyl (C=O) groups excluding carboxylic acids is 2. The molecule has 0 atom stereocenters. The van der Waals surface area contributed by atoms with Gasteiger partial charge < -0.3 is 14.8 Å². The topological polar surface area (TPSA) is 67.9 Å². The summed E-state index contributed by atoms with van der Waals surface area (Å²) < 4.78 is 10.9. The minimum absolute atomic E-state index is 0.00589. The minimum Gasteiger partial charge on any atom is -0.493 e. The molecular formula is C20H24N2O4. The van der Waals surface area contributed by atoms with Crippen LogP contribution in [0.2, 0.25) is 0 Å². The van der Waals surface area contributed by atoms with Gasteiger partial charge in [-0.2, -0.15) is 0 Å². The number of amides is 3. The fraction of sp³-hybridized carbons (Fsp3) is 0.400. The van der Waals surface area contributed by atoms with Crippen LogP contribution >= 0.6 is 0 Å². The Morgan fingerprint density at radius 2 is 2.00 bits per heavy atom. The third-order valence-electron chi connectivity index (χ3n) is 4.70. The summed E-state index contributed by atoms with van der Waals surface area (Å²) in [4.78, 5) is 26.3. The number of rotatable bonds is 6. The van der Waals surface area contributed by atoms with Gasteiger partial charge in [-0.3, -0.25) is 9.69 Å². The summed E-state index contributed by atoms with van der Waals surface area (Å²) in [7, 11) is 1.56. The third-order valence-corrected chi connectivity index (χ3v) is 4.70. The number of nitrogens with zero attached hydrogens (tertiary/aromatic N) is 1. The highest BCUT2D eigenvalue weighted by Gasteiger charge is 2.38. The number of methoxy groups -OCH3 is 1. The van der Waals surface area contributed by atoms with E-state index in [1.807, 2.05) is 6.07 Å². The van der Waals surface area contributed by atoms with Crippen molar-refractivity contribution in [3.05, 3.63) is 42.1 Å². The monoisotopic (exact) mass is 356 g/mol. The van der Waals surface area contributed by atoms with Crippen molar-refractivity contribution in [2.45, 2.75) is 38.1 Å². The lowest BCUT2D eigenvalue weighted by Gasteiger charge is -2.28. The van der Waals surface area contributed by atoms with Gasteiger partial charge in [-0.05, 0) is 36.6 Å². The summed E-state index contributed by atoms with van der Waals surface area (Å²) in [5, 5.41) is 2.70. The van der Waals surface area contributed by atoms with Gasteiger partial charge in [-0.15, -0.1) is 0 Å². The quantitative estimate of drug-likeness (QED) is 0.481. The van der Waals surface area contributed by atoms with Crippen molar-refractivity contribution < 1.29 is 19.1 Å². The molecule has 6 nitrogen and oxygen atoms in total. The van der Waals surface area contributed by atoms with Crippen LogP contribution in [0.1, 0.15) is 37.7 Å². The largest absolute Gasteiger partial charge is 0.493 e. The zero-order chi connectivity index (χ0) is 18.5. The van der Waals surface area contributed by atoms with Gasteiger partial charge in [-0.25, -0.2) is 4.79 Å². The number of hydrogen-bond acceptors (Lipinski definition) is 4. The molecule has 3 amide bonds. The summed E-state index contributed by atoms with van der Waals surface area (Å²) in [6, 6.07) is 5.04. The van der Waals surface area contributed by atoms with Gasteiger partial charge in [0.15, 0.2) is 11.5 Å². The van der Waals surface area contributed by atoms with Gasteiger partial charge in [-0.1, -0.05) is 38.0 Å². The van der Waals surface area contributed by atoms with Crippen LogP contribution in [0.4, 0.5) is 4.79 Å². The summed E-state index contributed by atoms with van der Waals surface area (Å²) in [5.41, 5.74) is 1.05. The minimum atomic E-state index is -0.328. The average Bonchev–Trinajstić information content (AvgIpc) is 2.94. The highest BCUT2D eigenvalue weighted by molar-refractivity contribution is 6.14.